The Morgan fingerprint density at radius 3 is 0.779 bits per heavy atom. The van der Waals surface area contributed by atoms with Crippen molar-refractivity contribution in [3.05, 3.63) is 134 Å². The largest absolute Gasteiger partial charge is 0.472 e. The van der Waals surface area contributed by atoms with E-state index in [-0.39, 0.29) is 25.7 Å². The van der Waals surface area contributed by atoms with E-state index >= 15 is 0 Å². The summed E-state index contributed by atoms with van der Waals surface area (Å²) in [5, 5.41) is 10.6. The summed E-state index contributed by atoms with van der Waals surface area (Å²) in [4.78, 5) is 73.0. The number of aliphatic hydroxyl groups excluding tert-OH is 1. The van der Waals surface area contributed by atoms with Gasteiger partial charge in [-0.25, -0.2) is 9.13 Å². The van der Waals surface area contributed by atoms with E-state index in [2.05, 4.69) is 137 Å². The zero-order valence-corrected chi connectivity index (χ0v) is 66.9. The number of ether oxygens (including phenoxy) is 4. The highest BCUT2D eigenvalue weighted by atomic mass is 31.2. The first kappa shape index (κ1) is 99.2. The molecule has 0 aromatic carbocycles. The molecule has 596 valence electrons. The molecule has 0 spiro atoms. The smallest absolute Gasteiger partial charge is 0.462 e. The van der Waals surface area contributed by atoms with Gasteiger partial charge in [0.25, 0.3) is 0 Å². The number of carbonyl (C=O) groups excluding carboxylic acids is 4. The van der Waals surface area contributed by atoms with Crippen molar-refractivity contribution in [3.63, 3.8) is 0 Å². The molecule has 104 heavy (non-hydrogen) atoms. The van der Waals surface area contributed by atoms with Crippen molar-refractivity contribution in [1.29, 1.82) is 0 Å². The summed E-state index contributed by atoms with van der Waals surface area (Å²) in [6.07, 6.45) is 85.8. The van der Waals surface area contributed by atoms with Crippen LogP contribution < -0.4 is 0 Å². The van der Waals surface area contributed by atoms with Gasteiger partial charge in [-0.2, -0.15) is 0 Å². The van der Waals surface area contributed by atoms with E-state index in [0.29, 0.717) is 38.5 Å². The highest BCUT2D eigenvalue weighted by molar-refractivity contribution is 7.47. The second-order valence-corrected chi connectivity index (χ2v) is 29.5. The van der Waals surface area contributed by atoms with Gasteiger partial charge in [0.15, 0.2) is 12.2 Å². The lowest BCUT2D eigenvalue weighted by atomic mass is 10.1. The molecule has 0 aliphatic heterocycles. The molecule has 0 rings (SSSR count). The number of hydrogen-bond donors (Lipinski definition) is 3. The monoisotopic (exact) mass is 1500 g/mol. The van der Waals surface area contributed by atoms with Gasteiger partial charge in [-0.15, -0.1) is 0 Å². The second kappa shape index (κ2) is 76.4. The number of rotatable bonds is 75. The molecule has 0 aliphatic carbocycles. The van der Waals surface area contributed by atoms with Gasteiger partial charge < -0.3 is 33.8 Å². The van der Waals surface area contributed by atoms with E-state index in [1.807, 2.05) is 24.3 Å². The van der Waals surface area contributed by atoms with Crippen LogP contribution in [0.1, 0.15) is 323 Å². The minimum absolute atomic E-state index is 0.0116. The first-order chi connectivity index (χ1) is 50.7. The van der Waals surface area contributed by atoms with Gasteiger partial charge in [-0.1, -0.05) is 271 Å². The van der Waals surface area contributed by atoms with Crippen LogP contribution in [0.5, 0.6) is 0 Å². The van der Waals surface area contributed by atoms with Gasteiger partial charge in [0, 0.05) is 25.7 Å². The fraction of sp³-hybridized carbons (Fsp3) is 0.694. The summed E-state index contributed by atoms with van der Waals surface area (Å²) in [5.41, 5.74) is 0. The third-order valence-corrected chi connectivity index (χ3v) is 18.5. The van der Waals surface area contributed by atoms with Crippen LogP contribution in [-0.4, -0.2) is 96.7 Å². The van der Waals surface area contributed by atoms with Crippen molar-refractivity contribution in [2.24, 2.45) is 0 Å². The molecule has 0 fully saturated rings. The Hall–Kier alpha value is -4.80. The number of carbonyl (C=O) groups is 4. The third kappa shape index (κ3) is 75.4. The van der Waals surface area contributed by atoms with Crippen LogP contribution in [-0.2, 0) is 65.4 Å². The van der Waals surface area contributed by atoms with Crippen molar-refractivity contribution in [2.75, 3.05) is 39.6 Å². The number of esters is 4. The average molecular weight is 1500 g/mol. The minimum atomic E-state index is -5.00. The van der Waals surface area contributed by atoms with Crippen molar-refractivity contribution >= 4 is 39.5 Å². The van der Waals surface area contributed by atoms with Gasteiger partial charge in [0.1, 0.15) is 19.3 Å². The minimum Gasteiger partial charge on any atom is -0.462 e. The van der Waals surface area contributed by atoms with E-state index in [1.54, 1.807) is 0 Å². The molecule has 17 nitrogen and oxygen atoms in total. The molecule has 2 unspecified atom stereocenters. The van der Waals surface area contributed by atoms with Gasteiger partial charge in [0.2, 0.25) is 0 Å². The van der Waals surface area contributed by atoms with E-state index in [4.69, 9.17) is 37.0 Å². The summed E-state index contributed by atoms with van der Waals surface area (Å²) in [6.45, 7) is 4.65. The highest BCUT2D eigenvalue weighted by Gasteiger charge is 2.30. The fourth-order valence-corrected chi connectivity index (χ4v) is 11.9. The Bertz CT molecular complexity index is 2490. The molecule has 19 heteroatoms. The van der Waals surface area contributed by atoms with Crippen LogP contribution in [0.4, 0.5) is 0 Å². The van der Waals surface area contributed by atoms with Crippen LogP contribution >= 0.6 is 15.6 Å². The van der Waals surface area contributed by atoms with Gasteiger partial charge in [0.05, 0.1) is 26.4 Å². The molecule has 0 radical (unpaired) electrons. The molecule has 0 saturated carbocycles. The predicted molar refractivity (Wildman–Crippen MR) is 427 cm³/mol. The number of hydrogen-bond acceptors (Lipinski definition) is 15. The highest BCUT2D eigenvalue weighted by Crippen LogP contribution is 2.45. The molecule has 5 atom stereocenters. The number of unbranched alkanes of at least 4 members (excludes halogenated alkanes) is 27. The number of aliphatic hydroxyl groups is 1. The molecule has 0 saturated heterocycles. The fourth-order valence-electron chi connectivity index (χ4n) is 10.3. The lowest BCUT2D eigenvalue weighted by molar-refractivity contribution is -0.161. The average Bonchev–Trinajstić information content (AvgIpc) is 0.907. The van der Waals surface area contributed by atoms with Crippen molar-refractivity contribution in [3.8, 4) is 0 Å². The summed E-state index contributed by atoms with van der Waals surface area (Å²) in [7, 11) is -10.0. The molecule has 0 heterocycles. The molecular formula is C85H144O17P2. The lowest BCUT2D eigenvalue weighted by Gasteiger charge is -2.21. The Kier molecular flexibility index (Phi) is 72.9. The van der Waals surface area contributed by atoms with E-state index < -0.39 is 97.5 Å². The Morgan fingerprint density at radius 1 is 0.269 bits per heavy atom. The predicted octanol–water partition coefficient (Wildman–Crippen LogP) is 23.7. The molecule has 0 amide bonds. The van der Waals surface area contributed by atoms with Crippen molar-refractivity contribution < 1.29 is 80.2 Å². The van der Waals surface area contributed by atoms with Crippen LogP contribution in [0.15, 0.2) is 134 Å². The van der Waals surface area contributed by atoms with Gasteiger partial charge in [-0.05, 0) is 161 Å². The van der Waals surface area contributed by atoms with Crippen molar-refractivity contribution in [2.45, 2.75) is 341 Å². The van der Waals surface area contributed by atoms with Gasteiger partial charge >= 0.3 is 39.5 Å². The maximum absolute atomic E-state index is 13.1. The Balaban J connectivity index is 5.49. The molecule has 0 aliphatic rings. The number of phosphoric ester groups is 2. The molecular weight excluding hydrogens is 1350 g/mol. The first-order valence-corrected chi connectivity index (χ1v) is 43.4. The van der Waals surface area contributed by atoms with Crippen LogP contribution in [0.25, 0.3) is 0 Å². The normalized spacial score (nSPS) is 14.6. The lowest BCUT2D eigenvalue weighted by Crippen LogP contribution is -2.30. The number of phosphoric acid groups is 2. The van der Waals surface area contributed by atoms with Crippen LogP contribution in [0, 0.1) is 0 Å². The molecule has 3 N–H and O–H groups in total. The van der Waals surface area contributed by atoms with Crippen molar-refractivity contribution in [1.82, 2.24) is 0 Å². The Morgan fingerprint density at radius 2 is 0.481 bits per heavy atom. The first-order valence-electron chi connectivity index (χ1n) is 40.4. The zero-order valence-electron chi connectivity index (χ0n) is 65.2. The quantitative estimate of drug-likeness (QED) is 0.0169. The Labute approximate surface area is 631 Å². The third-order valence-electron chi connectivity index (χ3n) is 16.6. The maximum atomic E-state index is 13.1. The van der Waals surface area contributed by atoms with Crippen LogP contribution in [0.3, 0.4) is 0 Å². The standard InChI is InChI=1S/C85H144O17P2/c1-5-9-13-17-21-25-29-33-37-39-43-47-51-55-59-63-67-71-84(89)101-80(75-95-82(87)69-65-61-57-53-49-45-41-35-31-27-23-19-15-11-7-3)77-99-103(91,92)97-73-79(86)74-98-104(93,94)100-78-81(76-96-83(88)70-66-62-58-54-50-46-42-36-32-28-24-20-16-12-8-4)102-85(90)72-68-64-60-56-52-48-44-40-38-34-30-26-22-18-14-10-6-2/h21-23,25-27,33-38,41-44,47-48,55-56,59-60,79-81,86H,5-20,24,28-32,39-40,45-46,49-54,57-58,61-78H2,1-4H3,(H,91,92)(H,93,94)/b25-21-,26-22-,27-23-,37-33-,38-34-,41-35-,42-36-,47-43-,48-44-,59-55-,60-56-/t79-,80+,81+/m0/s1. The van der Waals surface area contributed by atoms with E-state index in [0.717, 1.165) is 135 Å². The molecule has 0 bridgehead atoms. The summed E-state index contributed by atoms with van der Waals surface area (Å²) in [5.74, 6) is -2.33. The van der Waals surface area contributed by atoms with Gasteiger partial charge in [-0.3, -0.25) is 37.3 Å². The zero-order chi connectivity index (χ0) is 76.0. The topological polar surface area (TPSA) is 237 Å². The second-order valence-electron chi connectivity index (χ2n) is 26.6. The maximum Gasteiger partial charge on any atom is 0.472 e. The molecule has 0 aromatic heterocycles. The molecule has 0 aromatic rings. The van der Waals surface area contributed by atoms with Crippen LogP contribution in [0.2, 0.25) is 0 Å². The number of allylic oxidation sites excluding steroid dienone is 22. The summed E-state index contributed by atoms with van der Waals surface area (Å²) in [6, 6.07) is 0. The summed E-state index contributed by atoms with van der Waals surface area (Å²) < 4.78 is 68.5. The SMILES string of the molecule is CCCCC/C=C\C/C=C\C/C=C\C/C=C\CCCC(=O)O[C@H](COC(=O)CCCCCCC/C=C\C/C=C\CCCCC)COP(=O)(O)OC[C@H](O)COP(=O)(O)OC[C@@H](COC(=O)CCCCCCC/C=C\CCCCCCCC)OC(=O)CCC/C=C\C/C=C\C/C=C\C/C=C\CCCCC. The van der Waals surface area contributed by atoms with E-state index in [1.165, 1.54) is 96.3 Å². The summed E-state index contributed by atoms with van der Waals surface area (Å²) >= 11 is 0. The van der Waals surface area contributed by atoms with E-state index in [9.17, 15) is 43.2 Å².